The lowest BCUT2D eigenvalue weighted by atomic mass is 10.1. The van der Waals surface area contributed by atoms with Gasteiger partial charge in [-0.1, -0.05) is 12.8 Å². The Bertz CT molecular complexity index is 777. The van der Waals surface area contributed by atoms with Gasteiger partial charge in [0.2, 0.25) is 0 Å². The van der Waals surface area contributed by atoms with Gasteiger partial charge in [0.25, 0.3) is 0 Å². The lowest BCUT2D eigenvalue weighted by Crippen LogP contribution is -2.55. The summed E-state index contributed by atoms with van der Waals surface area (Å²) in [4.78, 5) is 13.9. The van der Waals surface area contributed by atoms with Crippen molar-refractivity contribution in [1.82, 2.24) is 15.0 Å². The fourth-order valence-corrected chi connectivity index (χ4v) is 5.90. The highest BCUT2D eigenvalue weighted by Crippen LogP contribution is 2.41. The summed E-state index contributed by atoms with van der Waals surface area (Å²) in [5, 5.41) is 0. The molecule has 7 heteroatoms. The molecule has 1 saturated heterocycles. The zero-order valence-electron chi connectivity index (χ0n) is 11.7. The molecule has 112 valence electrons. The summed E-state index contributed by atoms with van der Waals surface area (Å²) in [6.45, 7) is 1.07. The predicted octanol–water partition coefficient (Wildman–Crippen LogP) is 1.51. The van der Waals surface area contributed by atoms with E-state index < -0.39 is 14.6 Å². The molecular formula is C14H18N4O2S. The third kappa shape index (κ3) is 1.87. The van der Waals surface area contributed by atoms with Gasteiger partial charge in [-0.25, -0.2) is 18.4 Å². The first-order chi connectivity index (χ1) is 10.1. The molecule has 6 nitrogen and oxygen atoms in total. The average molecular weight is 306 g/mol. The van der Waals surface area contributed by atoms with Gasteiger partial charge in [0.05, 0.1) is 16.0 Å². The van der Waals surface area contributed by atoms with E-state index >= 15 is 0 Å². The van der Waals surface area contributed by atoms with E-state index in [1.807, 2.05) is 12.3 Å². The number of nitrogens with zero attached hydrogens (tertiary/aromatic N) is 3. The number of fused-ring (bicyclic) bond motifs is 1. The molecule has 0 unspecified atom stereocenters. The van der Waals surface area contributed by atoms with Gasteiger partial charge in [0.15, 0.2) is 15.7 Å². The van der Waals surface area contributed by atoms with Crippen LogP contribution in [-0.2, 0) is 9.84 Å². The van der Waals surface area contributed by atoms with Gasteiger partial charge in [-0.2, -0.15) is 0 Å². The second-order valence-electron chi connectivity index (χ2n) is 6.07. The zero-order valence-corrected chi connectivity index (χ0v) is 12.6. The van der Waals surface area contributed by atoms with E-state index in [-0.39, 0.29) is 5.75 Å². The molecule has 3 heterocycles. The molecule has 0 aromatic carbocycles. The molecule has 1 aliphatic heterocycles. The van der Waals surface area contributed by atoms with E-state index in [1.54, 1.807) is 6.33 Å². The first-order valence-corrected chi connectivity index (χ1v) is 9.02. The van der Waals surface area contributed by atoms with Crippen LogP contribution in [0.25, 0.3) is 11.0 Å². The van der Waals surface area contributed by atoms with Crippen molar-refractivity contribution in [3.63, 3.8) is 0 Å². The van der Waals surface area contributed by atoms with Crippen LogP contribution in [0.15, 0.2) is 18.6 Å². The van der Waals surface area contributed by atoms with Crippen LogP contribution in [0.1, 0.15) is 25.7 Å². The molecule has 0 atom stereocenters. The van der Waals surface area contributed by atoms with Crippen molar-refractivity contribution in [1.29, 1.82) is 0 Å². The number of nitrogens with one attached hydrogen (secondary N) is 1. The second kappa shape index (κ2) is 4.43. The predicted molar refractivity (Wildman–Crippen MR) is 81.1 cm³/mol. The summed E-state index contributed by atoms with van der Waals surface area (Å²) in [6, 6.07) is 1.91. The van der Waals surface area contributed by atoms with E-state index in [2.05, 4.69) is 19.9 Å². The van der Waals surface area contributed by atoms with Crippen molar-refractivity contribution in [3.05, 3.63) is 18.6 Å². The number of hydrogen-bond acceptors (Lipinski definition) is 5. The fraction of sp³-hybridized carbons (Fsp3) is 0.571. The maximum atomic E-state index is 12.5. The minimum Gasteiger partial charge on any atom is -0.357 e. The van der Waals surface area contributed by atoms with Crippen LogP contribution in [0.2, 0.25) is 0 Å². The molecule has 0 bridgehead atoms. The van der Waals surface area contributed by atoms with Gasteiger partial charge in [-0.15, -0.1) is 0 Å². The monoisotopic (exact) mass is 306 g/mol. The van der Waals surface area contributed by atoms with Gasteiger partial charge in [0, 0.05) is 19.3 Å². The molecule has 21 heavy (non-hydrogen) atoms. The van der Waals surface area contributed by atoms with Gasteiger partial charge in [-0.3, -0.25) is 0 Å². The second-order valence-corrected chi connectivity index (χ2v) is 8.57. The van der Waals surface area contributed by atoms with Gasteiger partial charge >= 0.3 is 0 Å². The zero-order chi connectivity index (χ0) is 14.5. The van der Waals surface area contributed by atoms with E-state index in [4.69, 9.17) is 0 Å². The van der Waals surface area contributed by atoms with Crippen LogP contribution in [0.4, 0.5) is 5.82 Å². The largest absolute Gasteiger partial charge is 0.357 e. The molecule has 2 aromatic heterocycles. The summed E-state index contributed by atoms with van der Waals surface area (Å²) in [7, 11) is -3.00. The minimum atomic E-state index is -3.00. The molecule has 0 amide bonds. The van der Waals surface area contributed by atoms with Crippen molar-refractivity contribution in [3.8, 4) is 0 Å². The first kappa shape index (κ1) is 13.1. The third-order valence-corrected chi connectivity index (χ3v) is 7.49. The molecule has 2 aromatic rings. The van der Waals surface area contributed by atoms with E-state index in [1.165, 1.54) is 0 Å². The third-order valence-electron chi connectivity index (χ3n) is 4.91. The quantitative estimate of drug-likeness (QED) is 0.864. The molecule has 0 radical (unpaired) electrons. The van der Waals surface area contributed by atoms with Crippen LogP contribution in [-0.4, -0.2) is 47.0 Å². The maximum absolute atomic E-state index is 12.5. The molecule has 4 rings (SSSR count). The lowest BCUT2D eigenvalue weighted by molar-refractivity contribution is 0.485. The number of sulfone groups is 1. The number of H-pyrrole nitrogens is 1. The Balaban J connectivity index is 1.76. The van der Waals surface area contributed by atoms with Gasteiger partial charge in [-0.05, 0) is 18.9 Å². The SMILES string of the molecule is O=S1(=O)CCN(c2ncnc3cc[nH]c23)CC12CCCC2. The summed E-state index contributed by atoms with van der Waals surface area (Å²) < 4.78 is 24.5. The molecule has 2 fully saturated rings. The Hall–Kier alpha value is -1.63. The number of anilines is 1. The molecule has 1 N–H and O–H groups in total. The Morgan fingerprint density at radius 3 is 2.86 bits per heavy atom. The van der Waals surface area contributed by atoms with Crippen molar-refractivity contribution in [2.45, 2.75) is 30.4 Å². The Labute approximate surface area is 123 Å². The van der Waals surface area contributed by atoms with Gasteiger partial charge in [0.1, 0.15) is 11.8 Å². The van der Waals surface area contributed by atoms with Crippen molar-refractivity contribution >= 4 is 26.7 Å². The summed E-state index contributed by atoms with van der Waals surface area (Å²) in [6.07, 6.45) is 6.98. The molecule has 1 saturated carbocycles. The minimum absolute atomic E-state index is 0.221. The first-order valence-electron chi connectivity index (χ1n) is 7.37. The van der Waals surface area contributed by atoms with Crippen molar-refractivity contribution in [2.24, 2.45) is 0 Å². The number of rotatable bonds is 1. The fourth-order valence-electron chi connectivity index (χ4n) is 3.74. The highest BCUT2D eigenvalue weighted by Gasteiger charge is 2.49. The molecule has 1 aliphatic carbocycles. The van der Waals surface area contributed by atoms with Crippen LogP contribution in [0.5, 0.6) is 0 Å². The van der Waals surface area contributed by atoms with Crippen molar-refractivity contribution < 1.29 is 8.42 Å². The number of aromatic nitrogens is 3. The van der Waals surface area contributed by atoms with Gasteiger partial charge < -0.3 is 9.88 Å². The summed E-state index contributed by atoms with van der Waals surface area (Å²) in [5.41, 5.74) is 1.76. The Morgan fingerprint density at radius 1 is 1.24 bits per heavy atom. The standard InChI is InChI=1S/C14H18N4O2S/c19-21(20)8-7-18(9-14(21)4-1-2-5-14)13-12-11(3-6-15-12)16-10-17-13/h3,6,10,15H,1-2,4-5,7-9H2. The van der Waals surface area contributed by atoms with Crippen LogP contribution in [0.3, 0.4) is 0 Å². The summed E-state index contributed by atoms with van der Waals surface area (Å²) >= 11 is 0. The topological polar surface area (TPSA) is 79.0 Å². The highest BCUT2D eigenvalue weighted by molar-refractivity contribution is 7.92. The number of aromatic amines is 1. The van der Waals surface area contributed by atoms with Crippen LogP contribution >= 0.6 is 0 Å². The van der Waals surface area contributed by atoms with E-state index in [0.717, 1.165) is 42.5 Å². The maximum Gasteiger partial charge on any atom is 0.159 e. The Morgan fingerprint density at radius 2 is 2.05 bits per heavy atom. The van der Waals surface area contributed by atoms with Crippen LogP contribution < -0.4 is 4.90 Å². The van der Waals surface area contributed by atoms with Crippen molar-refractivity contribution in [2.75, 3.05) is 23.7 Å². The highest BCUT2D eigenvalue weighted by atomic mass is 32.2. The Kier molecular flexibility index (Phi) is 2.76. The average Bonchev–Trinajstić information content (AvgIpc) is 3.11. The van der Waals surface area contributed by atoms with E-state index in [0.29, 0.717) is 13.1 Å². The summed E-state index contributed by atoms with van der Waals surface area (Å²) in [5.74, 6) is 1.05. The van der Waals surface area contributed by atoms with E-state index in [9.17, 15) is 8.42 Å². The lowest BCUT2D eigenvalue weighted by Gasteiger charge is -2.40. The molecule has 1 spiro atoms. The molecule has 2 aliphatic rings. The smallest absolute Gasteiger partial charge is 0.159 e. The molecular weight excluding hydrogens is 288 g/mol. The number of hydrogen-bond donors (Lipinski definition) is 1. The van der Waals surface area contributed by atoms with Crippen LogP contribution in [0, 0.1) is 0 Å². The normalized spacial score (nSPS) is 23.9.